The van der Waals surface area contributed by atoms with Crippen LogP contribution in [0, 0.1) is 5.41 Å². The Balaban J connectivity index is 2.56. The largest absolute Gasteiger partial charge is 0.330 e. The summed E-state index contributed by atoms with van der Waals surface area (Å²) in [6, 6.07) is 0. The Labute approximate surface area is 122 Å². The van der Waals surface area contributed by atoms with Gasteiger partial charge >= 0.3 is 0 Å². The molecule has 0 spiro atoms. The van der Waals surface area contributed by atoms with Gasteiger partial charge < -0.3 is 5.73 Å². The van der Waals surface area contributed by atoms with Crippen LogP contribution in [-0.2, 0) is 20.0 Å². The Kier molecular flexibility index (Phi) is 5.59. The minimum Gasteiger partial charge on any atom is -0.330 e. The minimum atomic E-state index is -3.39. The van der Waals surface area contributed by atoms with Crippen molar-refractivity contribution in [2.75, 3.05) is 45.2 Å². The van der Waals surface area contributed by atoms with Gasteiger partial charge in [-0.3, -0.25) is 0 Å². The molecule has 0 aromatic rings. The van der Waals surface area contributed by atoms with Crippen LogP contribution in [0.5, 0.6) is 0 Å². The summed E-state index contributed by atoms with van der Waals surface area (Å²) in [5.74, 6) is -0.290. The monoisotopic (exact) mass is 327 g/mol. The normalized spacial score (nSPS) is 25.4. The van der Waals surface area contributed by atoms with Gasteiger partial charge in [0.25, 0.3) is 0 Å². The van der Waals surface area contributed by atoms with Crippen molar-refractivity contribution >= 4 is 20.0 Å². The molecule has 7 nitrogen and oxygen atoms in total. The standard InChI is InChI=1S/C11H25N3O4S2/c1-11(9-12)5-6-14(10-11)20(17,18)8-4-7-19(15,16)13(2)3/h4-10,12H2,1-3H3/t11-/m1/s1. The average molecular weight is 327 g/mol. The molecule has 1 fully saturated rings. The Bertz CT molecular complexity index is 530. The predicted octanol–water partition coefficient (Wildman–Crippen LogP) is -0.732. The van der Waals surface area contributed by atoms with Crippen LogP contribution in [0.25, 0.3) is 0 Å². The van der Waals surface area contributed by atoms with E-state index in [2.05, 4.69) is 0 Å². The number of nitrogens with zero attached hydrogens (tertiary/aromatic N) is 2. The van der Waals surface area contributed by atoms with Crippen molar-refractivity contribution in [1.29, 1.82) is 0 Å². The quantitative estimate of drug-likeness (QED) is 0.664. The van der Waals surface area contributed by atoms with Crippen molar-refractivity contribution in [2.45, 2.75) is 19.8 Å². The van der Waals surface area contributed by atoms with Crippen LogP contribution in [0.2, 0.25) is 0 Å². The third-order valence-corrected chi connectivity index (χ3v) is 7.59. The number of nitrogens with two attached hydrogens (primary N) is 1. The van der Waals surface area contributed by atoms with E-state index in [4.69, 9.17) is 5.73 Å². The molecular weight excluding hydrogens is 302 g/mol. The molecule has 0 aromatic heterocycles. The van der Waals surface area contributed by atoms with Crippen LogP contribution in [-0.4, -0.2) is 70.7 Å². The lowest BCUT2D eigenvalue weighted by molar-refractivity contribution is 0.349. The summed E-state index contributed by atoms with van der Waals surface area (Å²) < 4.78 is 50.1. The number of hydrogen-bond donors (Lipinski definition) is 1. The van der Waals surface area contributed by atoms with Crippen molar-refractivity contribution in [1.82, 2.24) is 8.61 Å². The molecule has 9 heteroatoms. The molecule has 0 aliphatic carbocycles. The Hall–Kier alpha value is -0.220. The highest BCUT2D eigenvalue weighted by Gasteiger charge is 2.38. The van der Waals surface area contributed by atoms with Crippen molar-refractivity contribution in [3.8, 4) is 0 Å². The van der Waals surface area contributed by atoms with Crippen LogP contribution in [0.4, 0.5) is 0 Å². The van der Waals surface area contributed by atoms with Gasteiger partial charge in [-0.2, -0.15) is 0 Å². The first kappa shape index (κ1) is 17.8. The fourth-order valence-corrected chi connectivity index (χ4v) is 4.82. The van der Waals surface area contributed by atoms with Gasteiger partial charge in [0.2, 0.25) is 20.0 Å². The molecule has 0 radical (unpaired) electrons. The lowest BCUT2D eigenvalue weighted by Gasteiger charge is -2.22. The van der Waals surface area contributed by atoms with Gasteiger partial charge in [0, 0.05) is 27.2 Å². The average Bonchev–Trinajstić information content (AvgIpc) is 2.73. The predicted molar refractivity (Wildman–Crippen MR) is 79.2 cm³/mol. The minimum absolute atomic E-state index is 0.110. The Morgan fingerprint density at radius 1 is 1.20 bits per heavy atom. The zero-order valence-electron chi connectivity index (χ0n) is 12.4. The SMILES string of the molecule is CN(C)S(=O)(=O)CCCS(=O)(=O)N1CC[C@](C)(CN)C1. The summed E-state index contributed by atoms with van der Waals surface area (Å²) in [6.45, 7) is 3.32. The molecule has 1 heterocycles. The van der Waals surface area contributed by atoms with Gasteiger partial charge in [-0.25, -0.2) is 25.4 Å². The molecule has 2 N–H and O–H groups in total. The Morgan fingerprint density at radius 2 is 1.80 bits per heavy atom. The van der Waals surface area contributed by atoms with Crippen LogP contribution in [0.3, 0.4) is 0 Å². The van der Waals surface area contributed by atoms with E-state index in [0.717, 1.165) is 10.7 Å². The van der Waals surface area contributed by atoms with Gasteiger partial charge in [0.1, 0.15) is 0 Å². The summed E-state index contributed by atoms with van der Waals surface area (Å²) in [5, 5.41) is 0. The summed E-state index contributed by atoms with van der Waals surface area (Å²) in [5.41, 5.74) is 5.49. The van der Waals surface area contributed by atoms with E-state index in [9.17, 15) is 16.8 Å². The van der Waals surface area contributed by atoms with Gasteiger partial charge in [-0.1, -0.05) is 6.92 Å². The molecule has 1 rings (SSSR count). The van der Waals surface area contributed by atoms with E-state index in [1.165, 1.54) is 18.4 Å². The first-order valence-electron chi connectivity index (χ1n) is 6.60. The molecule has 1 aliphatic heterocycles. The summed E-state index contributed by atoms with van der Waals surface area (Å²) in [6.07, 6.45) is 0.859. The van der Waals surface area contributed by atoms with Gasteiger partial charge in [0.15, 0.2) is 0 Å². The highest BCUT2D eigenvalue weighted by Crippen LogP contribution is 2.30. The molecule has 0 unspecified atom stereocenters. The zero-order chi connectivity index (χ0) is 15.6. The van der Waals surface area contributed by atoms with Crippen molar-refractivity contribution in [3.05, 3.63) is 0 Å². The first-order chi connectivity index (χ1) is 9.02. The van der Waals surface area contributed by atoms with Crippen molar-refractivity contribution in [3.63, 3.8) is 0 Å². The maximum atomic E-state index is 12.2. The lowest BCUT2D eigenvalue weighted by atomic mass is 9.90. The third kappa shape index (κ3) is 4.39. The second-order valence-corrected chi connectivity index (χ2v) is 10.3. The maximum Gasteiger partial charge on any atom is 0.214 e. The van der Waals surface area contributed by atoms with Crippen LogP contribution >= 0.6 is 0 Å². The molecule has 1 saturated heterocycles. The fourth-order valence-electron chi connectivity index (χ4n) is 2.12. The van der Waals surface area contributed by atoms with E-state index in [1.807, 2.05) is 6.92 Å². The van der Waals surface area contributed by atoms with Crippen LogP contribution < -0.4 is 5.73 Å². The molecule has 0 bridgehead atoms. The van der Waals surface area contributed by atoms with E-state index >= 15 is 0 Å². The zero-order valence-corrected chi connectivity index (χ0v) is 14.0. The van der Waals surface area contributed by atoms with E-state index in [1.54, 1.807) is 0 Å². The smallest absolute Gasteiger partial charge is 0.214 e. The van der Waals surface area contributed by atoms with Crippen molar-refractivity contribution < 1.29 is 16.8 Å². The van der Waals surface area contributed by atoms with Gasteiger partial charge in [-0.15, -0.1) is 0 Å². The van der Waals surface area contributed by atoms with Crippen molar-refractivity contribution in [2.24, 2.45) is 11.1 Å². The topological polar surface area (TPSA) is 101 Å². The number of sulfonamides is 2. The fraction of sp³-hybridized carbons (Fsp3) is 1.00. The summed E-state index contributed by atoms with van der Waals surface area (Å²) >= 11 is 0. The highest BCUT2D eigenvalue weighted by atomic mass is 32.2. The molecular formula is C11H25N3O4S2. The summed E-state index contributed by atoms with van der Waals surface area (Å²) in [4.78, 5) is 0. The highest BCUT2D eigenvalue weighted by molar-refractivity contribution is 7.90. The molecule has 20 heavy (non-hydrogen) atoms. The molecule has 120 valence electrons. The lowest BCUT2D eigenvalue weighted by Crippen LogP contribution is -2.36. The van der Waals surface area contributed by atoms with Crippen LogP contribution in [0.15, 0.2) is 0 Å². The molecule has 0 aromatic carbocycles. The van der Waals surface area contributed by atoms with E-state index < -0.39 is 20.0 Å². The Morgan fingerprint density at radius 3 is 2.25 bits per heavy atom. The second-order valence-electron chi connectivity index (χ2n) is 5.87. The maximum absolute atomic E-state index is 12.2. The first-order valence-corrected chi connectivity index (χ1v) is 9.82. The van der Waals surface area contributed by atoms with E-state index in [-0.39, 0.29) is 23.3 Å². The second kappa shape index (κ2) is 6.27. The number of rotatable bonds is 7. The van der Waals surface area contributed by atoms with Crippen LogP contribution in [0.1, 0.15) is 19.8 Å². The molecule has 0 saturated carbocycles. The van der Waals surface area contributed by atoms with Gasteiger partial charge in [-0.05, 0) is 24.8 Å². The molecule has 0 amide bonds. The summed E-state index contributed by atoms with van der Waals surface area (Å²) in [7, 11) is -3.85. The third-order valence-electron chi connectivity index (χ3n) is 3.77. The number of hydrogen-bond acceptors (Lipinski definition) is 5. The van der Waals surface area contributed by atoms with E-state index in [0.29, 0.717) is 19.6 Å². The molecule has 1 atom stereocenters. The molecule has 1 aliphatic rings. The van der Waals surface area contributed by atoms with Gasteiger partial charge in [0.05, 0.1) is 11.5 Å².